The van der Waals surface area contributed by atoms with Crippen LogP contribution in [0.25, 0.3) is 0 Å². The van der Waals surface area contributed by atoms with Gasteiger partial charge in [0, 0.05) is 12.6 Å². The van der Waals surface area contributed by atoms with Crippen LogP contribution in [0.5, 0.6) is 5.75 Å². The van der Waals surface area contributed by atoms with Gasteiger partial charge in [-0.15, -0.1) is 0 Å². The summed E-state index contributed by atoms with van der Waals surface area (Å²) in [6, 6.07) is 12.1. The Morgan fingerprint density at radius 1 is 1.26 bits per heavy atom. The van der Waals surface area contributed by atoms with Crippen molar-refractivity contribution in [1.29, 1.82) is 0 Å². The zero-order chi connectivity index (χ0) is 17.0. The highest BCUT2D eigenvalue weighted by atomic mass is 19.1. The molecule has 0 fully saturated rings. The molecule has 2 aromatic carbocycles. The molecule has 0 aromatic heterocycles. The number of carbonyl (C=O) groups is 1. The van der Waals surface area contributed by atoms with E-state index in [4.69, 9.17) is 4.74 Å². The largest absolute Gasteiger partial charge is 0.496 e. The molecule has 0 unspecified atom stereocenters. The van der Waals surface area contributed by atoms with Gasteiger partial charge in [0.05, 0.1) is 19.6 Å². The third kappa shape index (κ3) is 3.89. The van der Waals surface area contributed by atoms with Crippen LogP contribution >= 0.6 is 0 Å². The predicted molar refractivity (Wildman–Crippen MR) is 89.0 cm³/mol. The van der Waals surface area contributed by atoms with Crippen molar-refractivity contribution in [2.75, 3.05) is 14.2 Å². The zero-order valence-electron chi connectivity index (χ0n) is 14.0. The number of hydrogen-bond acceptors (Lipinski definition) is 2. The van der Waals surface area contributed by atoms with E-state index in [9.17, 15) is 9.18 Å². The Morgan fingerprint density at radius 3 is 2.61 bits per heavy atom. The number of likely N-dealkylation sites (N-methyl/N-ethyl adjacent to an activating group) is 1. The first-order valence-corrected chi connectivity index (χ1v) is 7.57. The fourth-order valence-corrected chi connectivity index (χ4v) is 2.58. The topological polar surface area (TPSA) is 29.5 Å². The Kier molecular flexibility index (Phi) is 5.37. The highest BCUT2D eigenvalue weighted by Gasteiger charge is 2.20. The van der Waals surface area contributed by atoms with Gasteiger partial charge in [-0.1, -0.05) is 24.3 Å². The molecule has 0 heterocycles. The minimum absolute atomic E-state index is 0.0156. The number of ether oxygens (including phenoxy) is 1. The first kappa shape index (κ1) is 17.0. The maximum Gasteiger partial charge on any atom is 0.227 e. The SMILES string of the molecule is COc1ccccc1[C@@H](C)N(C)C(=O)Cc1ccc(F)cc1C. The standard InChI is InChI=1S/C19H22FNO2/c1-13-11-16(20)10-9-15(13)12-19(22)21(3)14(2)17-7-5-6-8-18(17)23-4/h5-11,14H,12H2,1-4H3/t14-/m1/s1. The molecular weight excluding hydrogens is 293 g/mol. The average molecular weight is 315 g/mol. The van der Waals surface area contributed by atoms with E-state index in [0.29, 0.717) is 0 Å². The van der Waals surface area contributed by atoms with Crippen molar-refractivity contribution in [3.05, 3.63) is 65.0 Å². The summed E-state index contributed by atoms with van der Waals surface area (Å²) in [7, 11) is 3.40. The summed E-state index contributed by atoms with van der Waals surface area (Å²) in [5.41, 5.74) is 2.59. The fourth-order valence-electron chi connectivity index (χ4n) is 2.58. The molecule has 2 rings (SSSR count). The van der Waals surface area contributed by atoms with E-state index >= 15 is 0 Å². The number of rotatable bonds is 5. The van der Waals surface area contributed by atoms with Crippen LogP contribution in [0.15, 0.2) is 42.5 Å². The molecule has 1 atom stereocenters. The molecule has 0 aliphatic carbocycles. The smallest absolute Gasteiger partial charge is 0.227 e. The summed E-state index contributed by atoms with van der Waals surface area (Å²) in [6.45, 7) is 3.78. The lowest BCUT2D eigenvalue weighted by molar-refractivity contribution is -0.131. The van der Waals surface area contributed by atoms with Crippen LogP contribution in [0.2, 0.25) is 0 Å². The summed E-state index contributed by atoms with van der Waals surface area (Å²) >= 11 is 0. The number of para-hydroxylation sites is 1. The van der Waals surface area contributed by atoms with Crippen LogP contribution in [-0.2, 0) is 11.2 Å². The van der Waals surface area contributed by atoms with Gasteiger partial charge < -0.3 is 9.64 Å². The Bertz CT molecular complexity index is 700. The van der Waals surface area contributed by atoms with Crippen LogP contribution in [0, 0.1) is 12.7 Å². The molecular formula is C19H22FNO2. The molecule has 122 valence electrons. The zero-order valence-corrected chi connectivity index (χ0v) is 14.0. The van der Waals surface area contributed by atoms with E-state index in [1.807, 2.05) is 38.1 Å². The summed E-state index contributed by atoms with van der Waals surface area (Å²) in [4.78, 5) is 14.3. The minimum Gasteiger partial charge on any atom is -0.496 e. The molecule has 2 aromatic rings. The number of nitrogens with zero attached hydrogens (tertiary/aromatic N) is 1. The molecule has 23 heavy (non-hydrogen) atoms. The first-order chi connectivity index (χ1) is 10.9. The van der Waals surface area contributed by atoms with Crippen molar-refractivity contribution in [1.82, 2.24) is 4.90 Å². The predicted octanol–water partition coefficient (Wildman–Crippen LogP) is 3.90. The number of hydrogen-bond donors (Lipinski definition) is 0. The van der Waals surface area contributed by atoms with Crippen molar-refractivity contribution >= 4 is 5.91 Å². The van der Waals surface area contributed by atoms with Gasteiger partial charge in [-0.25, -0.2) is 4.39 Å². The molecule has 0 aliphatic rings. The van der Waals surface area contributed by atoms with Gasteiger partial charge in [0.25, 0.3) is 0 Å². The second-order valence-corrected chi connectivity index (χ2v) is 5.67. The van der Waals surface area contributed by atoms with E-state index in [1.165, 1.54) is 12.1 Å². The molecule has 3 nitrogen and oxygen atoms in total. The van der Waals surface area contributed by atoms with Crippen molar-refractivity contribution < 1.29 is 13.9 Å². The Hall–Kier alpha value is -2.36. The van der Waals surface area contributed by atoms with Gasteiger partial charge >= 0.3 is 0 Å². The Balaban J connectivity index is 2.15. The molecule has 0 aliphatic heterocycles. The highest BCUT2D eigenvalue weighted by molar-refractivity contribution is 5.79. The molecule has 0 N–H and O–H groups in total. The summed E-state index contributed by atoms with van der Waals surface area (Å²) < 4.78 is 18.5. The molecule has 0 radical (unpaired) electrons. The Labute approximate surface area is 136 Å². The van der Waals surface area contributed by atoms with E-state index in [-0.39, 0.29) is 24.2 Å². The lowest BCUT2D eigenvalue weighted by atomic mass is 10.0. The van der Waals surface area contributed by atoms with E-state index in [2.05, 4.69) is 0 Å². The number of halogens is 1. The van der Waals surface area contributed by atoms with Gasteiger partial charge in [-0.3, -0.25) is 4.79 Å². The van der Waals surface area contributed by atoms with Gasteiger partial charge in [0.2, 0.25) is 5.91 Å². The molecule has 0 spiro atoms. The van der Waals surface area contributed by atoms with Crippen molar-refractivity contribution in [2.24, 2.45) is 0 Å². The molecule has 4 heteroatoms. The van der Waals surface area contributed by atoms with Gasteiger partial charge in [-0.2, -0.15) is 0 Å². The normalized spacial score (nSPS) is 11.9. The number of aryl methyl sites for hydroxylation is 1. The highest BCUT2D eigenvalue weighted by Crippen LogP contribution is 2.28. The quantitative estimate of drug-likeness (QED) is 0.837. The third-order valence-electron chi connectivity index (χ3n) is 4.21. The maximum absolute atomic E-state index is 13.2. The monoisotopic (exact) mass is 315 g/mol. The van der Waals surface area contributed by atoms with Gasteiger partial charge in [0.15, 0.2) is 0 Å². The Morgan fingerprint density at radius 2 is 1.96 bits per heavy atom. The summed E-state index contributed by atoms with van der Waals surface area (Å²) in [5.74, 6) is 0.463. The maximum atomic E-state index is 13.2. The summed E-state index contributed by atoms with van der Waals surface area (Å²) in [6.07, 6.45) is 0.252. The first-order valence-electron chi connectivity index (χ1n) is 7.57. The van der Waals surface area contributed by atoms with E-state index in [1.54, 1.807) is 25.1 Å². The van der Waals surface area contributed by atoms with Crippen LogP contribution in [0.3, 0.4) is 0 Å². The molecule has 0 saturated carbocycles. The van der Waals surface area contributed by atoms with Crippen molar-refractivity contribution in [2.45, 2.75) is 26.3 Å². The minimum atomic E-state index is -0.283. The average Bonchev–Trinajstić information content (AvgIpc) is 2.55. The lowest BCUT2D eigenvalue weighted by Gasteiger charge is -2.27. The second kappa shape index (κ2) is 7.27. The number of benzene rings is 2. The fraction of sp³-hybridized carbons (Fsp3) is 0.316. The summed E-state index contributed by atoms with van der Waals surface area (Å²) in [5, 5.41) is 0. The van der Waals surface area contributed by atoms with Gasteiger partial charge in [0.1, 0.15) is 11.6 Å². The number of methoxy groups -OCH3 is 1. The molecule has 0 bridgehead atoms. The van der Waals surface area contributed by atoms with Crippen LogP contribution in [-0.4, -0.2) is 25.0 Å². The molecule has 0 saturated heterocycles. The van der Waals surface area contributed by atoms with Crippen LogP contribution in [0.1, 0.15) is 29.7 Å². The van der Waals surface area contributed by atoms with E-state index in [0.717, 1.165) is 22.4 Å². The van der Waals surface area contributed by atoms with E-state index < -0.39 is 0 Å². The third-order valence-corrected chi connectivity index (χ3v) is 4.21. The second-order valence-electron chi connectivity index (χ2n) is 5.67. The van der Waals surface area contributed by atoms with Crippen LogP contribution < -0.4 is 4.74 Å². The lowest BCUT2D eigenvalue weighted by Crippen LogP contribution is -2.31. The van der Waals surface area contributed by atoms with Gasteiger partial charge in [-0.05, 0) is 43.2 Å². The number of carbonyl (C=O) groups excluding carboxylic acids is 1. The van der Waals surface area contributed by atoms with Crippen molar-refractivity contribution in [3.8, 4) is 5.75 Å². The number of amides is 1. The van der Waals surface area contributed by atoms with Crippen LogP contribution in [0.4, 0.5) is 4.39 Å². The molecule has 1 amide bonds. The van der Waals surface area contributed by atoms with Crippen molar-refractivity contribution in [3.63, 3.8) is 0 Å².